The number of rotatable bonds is 5. The highest BCUT2D eigenvalue weighted by Gasteiger charge is 2.64. The first-order valence-electron chi connectivity index (χ1n) is 8.46. The molecular weight excluding hydrogens is 300 g/mol. The first kappa shape index (κ1) is 19.7. The van der Waals surface area contributed by atoms with Gasteiger partial charge in [0.05, 0.1) is 6.10 Å². The lowest BCUT2D eigenvalue weighted by atomic mass is 9.54. The van der Waals surface area contributed by atoms with E-state index in [4.69, 9.17) is 10.5 Å². The zero-order valence-corrected chi connectivity index (χ0v) is 15.6. The molecule has 2 aliphatic rings. The second kappa shape index (κ2) is 6.66. The van der Waals surface area contributed by atoms with Crippen LogP contribution in [0.5, 0.6) is 0 Å². The number of ether oxygens (including phenoxy) is 1. The number of carbonyl (C=O) groups excluding carboxylic acids is 1. The van der Waals surface area contributed by atoms with Crippen molar-refractivity contribution in [3.63, 3.8) is 0 Å². The van der Waals surface area contributed by atoms with Crippen LogP contribution >= 0.6 is 12.4 Å². The Morgan fingerprint density at radius 3 is 2.27 bits per heavy atom. The molecule has 1 aliphatic carbocycles. The van der Waals surface area contributed by atoms with E-state index in [2.05, 4.69) is 27.7 Å². The molecular formula is C17H33ClN2O2. The molecule has 130 valence electrons. The van der Waals surface area contributed by atoms with Crippen LogP contribution < -0.4 is 5.73 Å². The van der Waals surface area contributed by atoms with Gasteiger partial charge in [-0.25, -0.2) is 0 Å². The topological polar surface area (TPSA) is 55.6 Å². The van der Waals surface area contributed by atoms with Crippen LogP contribution in [0.4, 0.5) is 0 Å². The molecule has 0 radical (unpaired) electrons. The van der Waals surface area contributed by atoms with Gasteiger partial charge in [-0.3, -0.25) is 4.79 Å². The third-order valence-corrected chi connectivity index (χ3v) is 6.44. The maximum absolute atomic E-state index is 13.0. The molecule has 2 fully saturated rings. The Morgan fingerprint density at radius 1 is 1.27 bits per heavy atom. The number of hydrogen-bond acceptors (Lipinski definition) is 3. The molecule has 1 heterocycles. The molecule has 1 saturated carbocycles. The van der Waals surface area contributed by atoms with Crippen LogP contribution in [0.2, 0.25) is 0 Å². The molecule has 1 aliphatic heterocycles. The molecule has 1 saturated heterocycles. The molecule has 0 bridgehead atoms. The SMILES string of the molecule is CCOC1CC(N)(C(=O)N2CCC(CC)(CC)C2)C1(C)C.Cl. The number of nitrogens with zero attached hydrogens (tertiary/aromatic N) is 1. The van der Waals surface area contributed by atoms with Gasteiger partial charge in [0.25, 0.3) is 0 Å². The summed E-state index contributed by atoms with van der Waals surface area (Å²) < 4.78 is 5.73. The predicted octanol–water partition coefficient (Wildman–Crippen LogP) is 2.98. The largest absolute Gasteiger partial charge is 0.378 e. The van der Waals surface area contributed by atoms with Crippen LogP contribution in [0.15, 0.2) is 0 Å². The standard InChI is InChI=1S/C17H32N2O2.ClH/c1-6-16(7-2)9-10-19(12-16)14(20)17(18)11-13(21-8-3)15(17,4)5;/h13H,6-12,18H2,1-5H3;1H. The molecule has 2 unspecified atom stereocenters. The quantitative estimate of drug-likeness (QED) is 0.842. The van der Waals surface area contributed by atoms with Crippen molar-refractivity contribution in [1.29, 1.82) is 0 Å². The minimum absolute atomic E-state index is 0. The fourth-order valence-corrected chi connectivity index (χ4v) is 4.02. The van der Waals surface area contributed by atoms with Crippen molar-refractivity contribution in [2.45, 2.75) is 71.9 Å². The molecule has 5 heteroatoms. The van der Waals surface area contributed by atoms with Crippen molar-refractivity contribution < 1.29 is 9.53 Å². The maximum atomic E-state index is 13.0. The molecule has 0 aromatic rings. The Hall–Kier alpha value is -0.320. The summed E-state index contributed by atoms with van der Waals surface area (Å²) in [6.45, 7) is 13.0. The average Bonchev–Trinajstić information content (AvgIpc) is 2.91. The Bertz CT molecular complexity index is 409. The number of nitrogens with two attached hydrogens (primary N) is 1. The summed E-state index contributed by atoms with van der Waals surface area (Å²) in [5.74, 6) is 0.132. The average molecular weight is 333 g/mol. The molecule has 0 spiro atoms. The van der Waals surface area contributed by atoms with Gasteiger partial charge < -0.3 is 15.4 Å². The van der Waals surface area contributed by atoms with E-state index in [0.717, 1.165) is 32.4 Å². The normalized spacial score (nSPS) is 32.3. The molecule has 0 aromatic carbocycles. The lowest BCUT2D eigenvalue weighted by molar-refractivity contribution is -0.178. The molecule has 2 rings (SSSR count). The van der Waals surface area contributed by atoms with Crippen molar-refractivity contribution in [1.82, 2.24) is 4.90 Å². The molecule has 2 N–H and O–H groups in total. The zero-order chi connectivity index (χ0) is 15.9. The summed E-state index contributed by atoms with van der Waals surface area (Å²) in [6, 6.07) is 0. The monoisotopic (exact) mass is 332 g/mol. The highest BCUT2D eigenvalue weighted by Crippen LogP contribution is 2.51. The van der Waals surface area contributed by atoms with E-state index in [-0.39, 0.29) is 29.8 Å². The highest BCUT2D eigenvalue weighted by molar-refractivity contribution is 5.89. The number of likely N-dealkylation sites (tertiary alicyclic amines) is 1. The summed E-state index contributed by atoms with van der Waals surface area (Å²) in [5.41, 5.74) is 5.78. The van der Waals surface area contributed by atoms with E-state index in [1.165, 1.54) is 0 Å². The smallest absolute Gasteiger partial charge is 0.243 e. The van der Waals surface area contributed by atoms with E-state index in [9.17, 15) is 4.79 Å². The van der Waals surface area contributed by atoms with Crippen molar-refractivity contribution in [3.05, 3.63) is 0 Å². The molecule has 4 nitrogen and oxygen atoms in total. The predicted molar refractivity (Wildman–Crippen MR) is 92.2 cm³/mol. The first-order valence-corrected chi connectivity index (χ1v) is 8.46. The Labute approximate surface area is 141 Å². The van der Waals surface area contributed by atoms with Gasteiger partial charge in [0, 0.05) is 31.5 Å². The Morgan fingerprint density at radius 2 is 1.86 bits per heavy atom. The van der Waals surface area contributed by atoms with Crippen LogP contribution in [0, 0.1) is 10.8 Å². The van der Waals surface area contributed by atoms with Gasteiger partial charge in [0.15, 0.2) is 0 Å². The van der Waals surface area contributed by atoms with Crippen molar-refractivity contribution in [2.75, 3.05) is 19.7 Å². The summed E-state index contributed by atoms with van der Waals surface area (Å²) in [7, 11) is 0. The third kappa shape index (κ3) is 2.78. The second-order valence-corrected chi connectivity index (χ2v) is 7.52. The van der Waals surface area contributed by atoms with E-state index in [0.29, 0.717) is 18.4 Å². The fraction of sp³-hybridized carbons (Fsp3) is 0.941. The van der Waals surface area contributed by atoms with Crippen LogP contribution in [-0.2, 0) is 9.53 Å². The number of hydrogen-bond donors (Lipinski definition) is 1. The number of carbonyl (C=O) groups is 1. The second-order valence-electron chi connectivity index (χ2n) is 7.52. The van der Waals surface area contributed by atoms with Gasteiger partial charge in [-0.1, -0.05) is 27.7 Å². The minimum Gasteiger partial charge on any atom is -0.378 e. The van der Waals surface area contributed by atoms with Gasteiger partial charge >= 0.3 is 0 Å². The molecule has 22 heavy (non-hydrogen) atoms. The lowest BCUT2D eigenvalue weighted by Gasteiger charge is -2.58. The van der Waals surface area contributed by atoms with Gasteiger partial charge in [0.1, 0.15) is 5.54 Å². The van der Waals surface area contributed by atoms with Crippen molar-refractivity contribution in [2.24, 2.45) is 16.6 Å². The molecule has 0 aromatic heterocycles. The number of halogens is 1. The van der Waals surface area contributed by atoms with Gasteiger partial charge in [-0.2, -0.15) is 0 Å². The maximum Gasteiger partial charge on any atom is 0.243 e. The summed E-state index contributed by atoms with van der Waals surface area (Å²) in [4.78, 5) is 15.0. The van der Waals surface area contributed by atoms with Crippen LogP contribution in [0.25, 0.3) is 0 Å². The van der Waals surface area contributed by atoms with Crippen molar-refractivity contribution in [3.8, 4) is 0 Å². The van der Waals surface area contributed by atoms with E-state index in [1.807, 2.05) is 11.8 Å². The van der Waals surface area contributed by atoms with E-state index in [1.54, 1.807) is 0 Å². The van der Waals surface area contributed by atoms with E-state index >= 15 is 0 Å². The lowest BCUT2D eigenvalue weighted by Crippen LogP contribution is -2.76. The van der Waals surface area contributed by atoms with Crippen molar-refractivity contribution >= 4 is 18.3 Å². The molecule has 1 amide bonds. The van der Waals surface area contributed by atoms with Gasteiger partial charge in [0.2, 0.25) is 5.91 Å². The first-order chi connectivity index (χ1) is 9.76. The van der Waals surface area contributed by atoms with Gasteiger partial charge in [-0.05, 0) is 31.6 Å². The van der Waals surface area contributed by atoms with Gasteiger partial charge in [-0.15, -0.1) is 12.4 Å². The summed E-state index contributed by atoms with van der Waals surface area (Å²) in [5, 5.41) is 0. The highest BCUT2D eigenvalue weighted by atomic mass is 35.5. The number of amides is 1. The van der Waals surface area contributed by atoms with Crippen LogP contribution in [-0.4, -0.2) is 42.1 Å². The Balaban J connectivity index is 0.00000242. The fourth-order valence-electron chi connectivity index (χ4n) is 4.02. The van der Waals surface area contributed by atoms with Crippen LogP contribution in [0.3, 0.4) is 0 Å². The minimum atomic E-state index is -0.760. The molecule has 2 atom stereocenters. The summed E-state index contributed by atoms with van der Waals surface area (Å²) in [6.07, 6.45) is 4.12. The van der Waals surface area contributed by atoms with Crippen LogP contribution in [0.1, 0.15) is 60.3 Å². The Kier molecular flexibility index (Phi) is 5.97. The zero-order valence-electron chi connectivity index (χ0n) is 14.8. The summed E-state index contributed by atoms with van der Waals surface area (Å²) >= 11 is 0. The third-order valence-electron chi connectivity index (χ3n) is 6.44. The van der Waals surface area contributed by atoms with E-state index < -0.39 is 5.54 Å².